The lowest BCUT2D eigenvalue weighted by atomic mass is 10.1. The molecule has 34 heavy (non-hydrogen) atoms. The van der Waals surface area contributed by atoms with Crippen LogP contribution in [0.2, 0.25) is 0 Å². The third-order valence-corrected chi connectivity index (χ3v) is 6.22. The molecule has 3 aromatic carbocycles. The average Bonchev–Trinajstić information content (AvgIpc) is 3.35. The summed E-state index contributed by atoms with van der Waals surface area (Å²) in [5, 5.41) is 3.08. The van der Waals surface area contributed by atoms with E-state index in [1.807, 2.05) is 12.1 Å². The highest BCUT2D eigenvalue weighted by Crippen LogP contribution is 2.36. The lowest BCUT2D eigenvalue weighted by molar-refractivity contribution is -0.117. The summed E-state index contributed by atoms with van der Waals surface area (Å²) in [7, 11) is 0. The maximum Gasteiger partial charge on any atom is 0.294 e. The second-order valence-corrected chi connectivity index (χ2v) is 8.68. The van der Waals surface area contributed by atoms with Crippen molar-refractivity contribution < 1.29 is 18.7 Å². The fourth-order valence-corrected chi connectivity index (χ4v) is 4.46. The van der Waals surface area contributed by atoms with Gasteiger partial charge in [0.05, 0.1) is 12.2 Å². The number of para-hydroxylation sites is 2. The summed E-state index contributed by atoms with van der Waals surface area (Å²) in [6.45, 7) is 0.217. The van der Waals surface area contributed by atoms with E-state index >= 15 is 0 Å². The van der Waals surface area contributed by atoms with Crippen LogP contribution >= 0.6 is 0 Å². The Morgan fingerprint density at radius 2 is 1.79 bits per heavy atom. The molecule has 0 spiro atoms. The zero-order valence-corrected chi connectivity index (χ0v) is 18.7. The Kier molecular flexibility index (Phi) is 6.12. The van der Waals surface area contributed by atoms with E-state index in [2.05, 4.69) is 5.32 Å². The molecule has 0 aromatic heterocycles. The zero-order valence-electron chi connectivity index (χ0n) is 18.7. The van der Waals surface area contributed by atoms with E-state index in [1.54, 1.807) is 59.5 Å². The molecule has 1 saturated carbocycles. The minimum absolute atomic E-state index is 0.0775. The van der Waals surface area contributed by atoms with Crippen molar-refractivity contribution in [2.75, 3.05) is 4.90 Å². The highest BCUT2D eigenvalue weighted by Gasteiger charge is 2.30. The third-order valence-electron chi connectivity index (χ3n) is 6.22. The molecule has 1 N–H and O–H groups in total. The molecule has 5 nitrogen and oxygen atoms in total. The first-order valence-corrected chi connectivity index (χ1v) is 11.5. The molecule has 172 valence electrons. The van der Waals surface area contributed by atoms with Gasteiger partial charge in [0.25, 0.3) is 11.8 Å². The second kappa shape index (κ2) is 9.51. The van der Waals surface area contributed by atoms with Crippen LogP contribution in [0.15, 0.2) is 78.6 Å². The zero-order chi connectivity index (χ0) is 23.5. The first kappa shape index (κ1) is 21.9. The quantitative estimate of drug-likeness (QED) is 0.519. The predicted octanol–water partition coefficient (Wildman–Crippen LogP) is 5.46. The van der Waals surface area contributed by atoms with Crippen LogP contribution in [0.5, 0.6) is 5.75 Å². The Morgan fingerprint density at radius 3 is 2.56 bits per heavy atom. The number of hydrogen-bond acceptors (Lipinski definition) is 3. The molecule has 0 saturated heterocycles. The first-order valence-electron chi connectivity index (χ1n) is 11.5. The summed E-state index contributed by atoms with van der Waals surface area (Å²) in [6, 6.07) is 20.8. The number of rotatable bonds is 5. The number of carbonyl (C=O) groups excluding carboxylic acids is 2. The normalized spacial score (nSPS) is 16.9. The van der Waals surface area contributed by atoms with Crippen LogP contribution < -0.4 is 15.0 Å². The van der Waals surface area contributed by atoms with E-state index in [1.165, 1.54) is 12.1 Å². The van der Waals surface area contributed by atoms with Gasteiger partial charge < -0.3 is 10.1 Å². The number of amides is 2. The van der Waals surface area contributed by atoms with Crippen LogP contribution in [0.4, 0.5) is 10.1 Å². The van der Waals surface area contributed by atoms with Crippen LogP contribution in [0.1, 0.15) is 47.2 Å². The summed E-state index contributed by atoms with van der Waals surface area (Å²) >= 11 is 0. The van der Waals surface area contributed by atoms with Gasteiger partial charge in [-0.2, -0.15) is 0 Å². The molecule has 2 aliphatic rings. The topological polar surface area (TPSA) is 58.6 Å². The highest BCUT2D eigenvalue weighted by atomic mass is 19.1. The summed E-state index contributed by atoms with van der Waals surface area (Å²) < 4.78 is 19.6. The smallest absolute Gasteiger partial charge is 0.294 e. The van der Waals surface area contributed by atoms with Gasteiger partial charge in [0.15, 0.2) is 11.5 Å². The van der Waals surface area contributed by atoms with Gasteiger partial charge in [0.1, 0.15) is 5.82 Å². The lowest BCUT2D eigenvalue weighted by Crippen LogP contribution is -2.36. The predicted molar refractivity (Wildman–Crippen MR) is 129 cm³/mol. The molecular formula is C28H25FN2O3. The number of halogens is 1. The van der Waals surface area contributed by atoms with E-state index in [0.29, 0.717) is 22.6 Å². The van der Waals surface area contributed by atoms with Gasteiger partial charge in [-0.25, -0.2) is 4.39 Å². The van der Waals surface area contributed by atoms with E-state index in [4.69, 9.17) is 4.74 Å². The Labute approximate surface area is 197 Å². The lowest BCUT2D eigenvalue weighted by Gasteiger charge is -2.30. The first-order chi connectivity index (χ1) is 16.6. The van der Waals surface area contributed by atoms with Crippen LogP contribution in [0.3, 0.4) is 0 Å². The Hall–Kier alpha value is -3.93. The number of nitrogens with zero attached hydrogens (tertiary/aromatic N) is 1. The van der Waals surface area contributed by atoms with E-state index < -0.39 is 0 Å². The SMILES string of the molecule is O=C(NC1CCCC1)c1ccc(C=C2Oc3ccccc3N(Cc3cccc(F)c3)C2=O)cc1. The minimum Gasteiger partial charge on any atom is -0.449 e. The van der Waals surface area contributed by atoms with Gasteiger partial charge in [0.2, 0.25) is 0 Å². The number of fused-ring (bicyclic) bond motifs is 1. The van der Waals surface area contributed by atoms with Crippen molar-refractivity contribution in [3.8, 4) is 5.75 Å². The summed E-state index contributed by atoms with van der Waals surface area (Å²) in [4.78, 5) is 27.4. The van der Waals surface area contributed by atoms with Gasteiger partial charge in [-0.15, -0.1) is 0 Å². The molecule has 2 amide bonds. The number of ether oxygens (including phenoxy) is 1. The van der Waals surface area contributed by atoms with E-state index in [-0.39, 0.29) is 36.0 Å². The molecule has 1 heterocycles. The Bertz CT molecular complexity index is 1250. The number of carbonyl (C=O) groups is 2. The summed E-state index contributed by atoms with van der Waals surface area (Å²) in [5.74, 6) is -0.0211. The molecular weight excluding hydrogens is 431 g/mol. The Balaban J connectivity index is 1.38. The molecule has 0 radical (unpaired) electrons. The number of benzene rings is 3. The fraction of sp³-hybridized carbons (Fsp3) is 0.214. The fourth-order valence-electron chi connectivity index (χ4n) is 4.46. The van der Waals surface area contributed by atoms with Gasteiger partial charge in [-0.05, 0) is 66.4 Å². The maximum absolute atomic E-state index is 13.7. The highest BCUT2D eigenvalue weighted by molar-refractivity contribution is 6.09. The molecule has 3 aromatic rings. The number of hydrogen-bond donors (Lipinski definition) is 1. The monoisotopic (exact) mass is 456 g/mol. The summed E-state index contributed by atoms with van der Waals surface area (Å²) in [6.07, 6.45) is 6.04. The van der Waals surface area contributed by atoms with Crippen molar-refractivity contribution in [2.45, 2.75) is 38.3 Å². The third kappa shape index (κ3) is 4.71. The van der Waals surface area contributed by atoms with Crippen molar-refractivity contribution in [2.24, 2.45) is 0 Å². The molecule has 1 aliphatic heterocycles. The minimum atomic E-state index is -0.348. The van der Waals surface area contributed by atoms with Gasteiger partial charge >= 0.3 is 0 Å². The average molecular weight is 457 g/mol. The second-order valence-electron chi connectivity index (χ2n) is 8.68. The van der Waals surface area contributed by atoms with Crippen molar-refractivity contribution in [3.63, 3.8) is 0 Å². The van der Waals surface area contributed by atoms with Gasteiger partial charge in [-0.3, -0.25) is 14.5 Å². The van der Waals surface area contributed by atoms with Crippen molar-refractivity contribution >= 4 is 23.6 Å². The molecule has 1 fully saturated rings. The Morgan fingerprint density at radius 1 is 1.03 bits per heavy atom. The van der Waals surface area contributed by atoms with Gasteiger partial charge in [-0.1, -0.05) is 49.2 Å². The van der Waals surface area contributed by atoms with Crippen molar-refractivity contribution in [1.82, 2.24) is 5.32 Å². The molecule has 1 aliphatic carbocycles. The van der Waals surface area contributed by atoms with Crippen LogP contribution in [0.25, 0.3) is 6.08 Å². The molecule has 6 heteroatoms. The van der Waals surface area contributed by atoms with Crippen LogP contribution in [0, 0.1) is 5.82 Å². The number of anilines is 1. The van der Waals surface area contributed by atoms with Crippen LogP contribution in [-0.2, 0) is 11.3 Å². The van der Waals surface area contributed by atoms with Crippen molar-refractivity contribution in [1.29, 1.82) is 0 Å². The largest absolute Gasteiger partial charge is 0.449 e. The van der Waals surface area contributed by atoms with E-state index in [0.717, 1.165) is 31.2 Å². The molecule has 0 atom stereocenters. The van der Waals surface area contributed by atoms with Crippen LogP contribution in [-0.4, -0.2) is 17.9 Å². The maximum atomic E-state index is 13.7. The molecule has 0 bridgehead atoms. The summed E-state index contributed by atoms with van der Waals surface area (Å²) in [5.41, 5.74) is 2.64. The number of nitrogens with one attached hydrogen (secondary N) is 1. The van der Waals surface area contributed by atoms with Gasteiger partial charge in [0, 0.05) is 11.6 Å². The van der Waals surface area contributed by atoms with Crippen molar-refractivity contribution in [3.05, 3.63) is 101 Å². The van der Waals surface area contributed by atoms with E-state index in [9.17, 15) is 14.0 Å². The standard InChI is InChI=1S/C28H25FN2O3/c29-22-7-5-6-20(16-22)18-31-24-10-3-4-11-25(24)34-26(28(31)33)17-19-12-14-21(15-13-19)27(32)30-23-8-1-2-9-23/h3-7,10-17,23H,1-2,8-9,18H2,(H,30,32). The molecule has 5 rings (SSSR count). The molecule has 0 unspecified atom stereocenters.